The molecule has 1 aliphatic rings. The predicted molar refractivity (Wildman–Crippen MR) is 86.3 cm³/mol. The van der Waals surface area contributed by atoms with Crippen molar-refractivity contribution < 1.29 is 9.47 Å². The summed E-state index contributed by atoms with van der Waals surface area (Å²) >= 11 is 0. The molecular formula is C16H23N5O2. The molecule has 0 unspecified atom stereocenters. The molecule has 0 radical (unpaired) electrons. The molecule has 3 rings (SSSR count). The first-order chi connectivity index (χ1) is 11.3. The van der Waals surface area contributed by atoms with Gasteiger partial charge in [-0.2, -0.15) is 0 Å². The Bertz CT molecular complexity index is 630. The number of hydrogen-bond acceptors (Lipinski definition) is 6. The van der Waals surface area contributed by atoms with Crippen LogP contribution in [0.4, 0.5) is 5.82 Å². The van der Waals surface area contributed by atoms with E-state index < -0.39 is 0 Å². The van der Waals surface area contributed by atoms with Gasteiger partial charge in [-0.3, -0.25) is 0 Å². The molecule has 3 heterocycles. The maximum Gasteiger partial charge on any atom is 0.218 e. The van der Waals surface area contributed by atoms with E-state index in [1.165, 1.54) is 6.33 Å². The van der Waals surface area contributed by atoms with Crippen molar-refractivity contribution in [2.75, 3.05) is 25.1 Å². The first-order valence-electron chi connectivity index (χ1n) is 8.05. The minimum absolute atomic E-state index is 0.0180. The molecule has 1 saturated heterocycles. The largest absolute Gasteiger partial charge is 0.478 e. The van der Waals surface area contributed by atoms with E-state index in [1.807, 2.05) is 37.0 Å². The fourth-order valence-electron chi connectivity index (χ4n) is 2.89. The lowest BCUT2D eigenvalue weighted by Gasteiger charge is -2.31. The molecule has 1 N–H and O–H groups in total. The van der Waals surface area contributed by atoms with E-state index in [1.54, 1.807) is 0 Å². The van der Waals surface area contributed by atoms with Crippen LogP contribution in [0.1, 0.15) is 31.7 Å². The number of rotatable bonds is 6. The van der Waals surface area contributed by atoms with Crippen LogP contribution < -0.4 is 10.1 Å². The molecule has 23 heavy (non-hydrogen) atoms. The van der Waals surface area contributed by atoms with Crippen molar-refractivity contribution in [3.8, 4) is 5.88 Å². The molecule has 7 nitrogen and oxygen atoms in total. The Labute approximate surface area is 136 Å². The van der Waals surface area contributed by atoms with Crippen LogP contribution in [0.15, 0.2) is 24.8 Å². The number of aryl methyl sites for hydroxylation is 1. The third-order valence-electron chi connectivity index (χ3n) is 4.04. The summed E-state index contributed by atoms with van der Waals surface area (Å²) in [6.07, 6.45) is 7.48. The highest BCUT2D eigenvalue weighted by Gasteiger charge is 2.30. The number of nitrogens with zero attached hydrogens (tertiary/aromatic N) is 4. The second-order valence-corrected chi connectivity index (χ2v) is 5.65. The van der Waals surface area contributed by atoms with Crippen LogP contribution in [0.5, 0.6) is 5.88 Å². The van der Waals surface area contributed by atoms with Crippen molar-refractivity contribution in [2.45, 2.75) is 25.9 Å². The average molecular weight is 317 g/mol. The first-order valence-corrected chi connectivity index (χ1v) is 8.05. The Morgan fingerprint density at radius 2 is 2.30 bits per heavy atom. The zero-order valence-electron chi connectivity index (χ0n) is 13.6. The Morgan fingerprint density at radius 3 is 3.09 bits per heavy atom. The lowest BCUT2D eigenvalue weighted by molar-refractivity contribution is -0.0305. The van der Waals surface area contributed by atoms with Crippen molar-refractivity contribution in [1.82, 2.24) is 19.5 Å². The maximum absolute atomic E-state index is 5.99. The van der Waals surface area contributed by atoms with Gasteiger partial charge in [0, 0.05) is 44.6 Å². The number of imidazole rings is 1. The summed E-state index contributed by atoms with van der Waals surface area (Å²) in [5, 5.41) is 3.38. The fraction of sp³-hybridized carbons (Fsp3) is 0.562. The van der Waals surface area contributed by atoms with E-state index in [0.29, 0.717) is 18.4 Å². The smallest absolute Gasteiger partial charge is 0.218 e. The third kappa shape index (κ3) is 3.79. The minimum atomic E-state index is 0.0180. The second-order valence-electron chi connectivity index (χ2n) is 5.65. The zero-order valence-corrected chi connectivity index (χ0v) is 13.6. The van der Waals surface area contributed by atoms with Crippen molar-refractivity contribution in [2.24, 2.45) is 13.0 Å². The Hall–Kier alpha value is -2.15. The van der Waals surface area contributed by atoms with E-state index in [0.717, 1.165) is 37.6 Å². The molecule has 0 aliphatic carbocycles. The van der Waals surface area contributed by atoms with Crippen LogP contribution in [0.25, 0.3) is 0 Å². The molecule has 1 aliphatic heterocycles. The molecule has 0 amide bonds. The van der Waals surface area contributed by atoms with Crippen molar-refractivity contribution in [3.63, 3.8) is 0 Å². The SMILES string of the molecule is CCOc1cc(NC[C@@H]2CCCO[C@H]2c2nccn2C)ncn1. The number of nitrogens with one attached hydrogen (secondary N) is 1. The van der Waals surface area contributed by atoms with Crippen LogP contribution in [0.3, 0.4) is 0 Å². The Balaban J connectivity index is 1.66. The monoisotopic (exact) mass is 317 g/mol. The van der Waals surface area contributed by atoms with E-state index in [2.05, 4.69) is 20.3 Å². The summed E-state index contributed by atoms with van der Waals surface area (Å²) in [7, 11) is 2.00. The zero-order chi connectivity index (χ0) is 16.1. The van der Waals surface area contributed by atoms with E-state index in [-0.39, 0.29) is 6.10 Å². The fourth-order valence-corrected chi connectivity index (χ4v) is 2.89. The van der Waals surface area contributed by atoms with Crippen molar-refractivity contribution in [1.29, 1.82) is 0 Å². The standard InChI is InChI=1S/C16H23N5O2/c1-3-22-14-9-13(19-11-20-14)18-10-12-5-4-8-23-15(12)16-17-6-7-21(16)2/h6-7,9,11-12,15H,3-5,8,10H2,1-2H3,(H,18,19,20)/t12-,15+/m0/s1. The number of anilines is 1. The van der Waals surface area contributed by atoms with Gasteiger partial charge in [-0.15, -0.1) is 0 Å². The summed E-state index contributed by atoms with van der Waals surface area (Å²) in [4.78, 5) is 12.8. The average Bonchev–Trinajstić information content (AvgIpc) is 3.00. The topological polar surface area (TPSA) is 74.1 Å². The van der Waals surface area contributed by atoms with Gasteiger partial charge in [0.1, 0.15) is 24.1 Å². The Morgan fingerprint density at radius 1 is 1.39 bits per heavy atom. The molecule has 0 spiro atoms. The number of ether oxygens (including phenoxy) is 2. The molecule has 0 aromatic carbocycles. The summed E-state index contributed by atoms with van der Waals surface area (Å²) in [5.41, 5.74) is 0. The number of aromatic nitrogens is 4. The second kappa shape index (κ2) is 7.41. The van der Waals surface area contributed by atoms with Crippen molar-refractivity contribution >= 4 is 5.82 Å². The van der Waals surface area contributed by atoms with Gasteiger partial charge >= 0.3 is 0 Å². The van der Waals surface area contributed by atoms with Gasteiger partial charge in [0.2, 0.25) is 5.88 Å². The number of hydrogen-bond donors (Lipinski definition) is 1. The lowest BCUT2D eigenvalue weighted by atomic mass is 9.93. The van der Waals surface area contributed by atoms with Crippen LogP contribution in [-0.2, 0) is 11.8 Å². The van der Waals surface area contributed by atoms with Gasteiger partial charge in [-0.25, -0.2) is 15.0 Å². The summed E-state index contributed by atoms with van der Waals surface area (Å²) in [6, 6.07) is 1.82. The molecule has 1 fully saturated rings. The van der Waals surface area contributed by atoms with Gasteiger partial charge < -0.3 is 19.4 Å². The third-order valence-corrected chi connectivity index (χ3v) is 4.04. The Kier molecular flexibility index (Phi) is 5.07. The summed E-state index contributed by atoms with van der Waals surface area (Å²) < 4.78 is 13.4. The van der Waals surface area contributed by atoms with E-state index in [9.17, 15) is 0 Å². The van der Waals surface area contributed by atoms with Gasteiger partial charge in [-0.05, 0) is 19.8 Å². The molecule has 7 heteroatoms. The molecule has 0 bridgehead atoms. The van der Waals surface area contributed by atoms with E-state index >= 15 is 0 Å². The summed E-state index contributed by atoms with van der Waals surface area (Å²) in [6.45, 7) is 4.09. The van der Waals surface area contributed by atoms with Crippen LogP contribution in [0.2, 0.25) is 0 Å². The van der Waals surface area contributed by atoms with Crippen LogP contribution in [-0.4, -0.2) is 39.3 Å². The van der Waals surface area contributed by atoms with Crippen LogP contribution >= 0.6 is 0 Å². The highest BCUT2D eigenvalue weighted by Crippen LogP contribution is 2.32. The molecule has 2 aromatic rings. The van der Waals surface area contributed by atoms with Gasteiger partial charge in [0.25, 0.3) is 0 Å². The minimum Gasteiger partial charge on any atom is -0.478 e. The van der Waals surface area contributed by atoms with E-state index in [4.69, 9.17) is 9.47 Å². The molecular weight excluding hydrogens is 294 g/mol. The molecule has 0 saturated carbocycles. The lowest BCUT2D eigenvalue weighted by Crippen LogP contribution is -2.30. The van der Waals surface area contributed by atoms with Crippen LogP contribution in [0, 0.1) is 5.92 Å². The van der Waals surface area contributed by atoms with Gasteiger partial charge in [0.15, 0.2) is 0 Å². The molecule has 2 atom stereocenters. The predicted octanol–water partition coefficient (Wildman–Crippen LogP) is 2.19. The maximum atomic E-state index is 5.99. The quantitative estimate of drug-likeness (QED) is 0.880. The molecule has 2 aromatic heterocycles. The summed E-state index contributed by atoms with van der Waals surface area (Å²) in [5.74, 6) is 2.70. The first kappa shape index (κ1) is 15.7. The highest BCUT2D eigenvalue weighted by molar-refractivity contribution is 5.37. The van der Waals surface area contributed by atoms with Crippen molar-refractivity contribution in [3.05, 3.63) is 30.6 Å². The van der Waals surface area contributed by atoms with Gasteiger partial charge in [-0.1, -0.05) is 0 Å². The normalized spacial score (nSPS) is 21.1. The van der Waals surface area contributed by atoms with Gasteiger partial charge in [0.05, 0.1) is 6.61 Å². The molecule has 124 valence electrons. The highest BCUT2D eigenvalue weighted by atomic mass is 16.5.